The average molecular weight is 1060 g/mol. The molecule has 398 valence electrons. The Morgan fingerprint density at radius 3 is 2.37 bits per heavy atom. The zero-order chi connectivity index (χ0) is 53.3. The molecule has 0 radical (unpaired) electrons. The molecule has 5 heterocycles. The van der Waals surface area contributed by atoms with Gasteiger partial charge in [-0.25, -0.2) is 9.59 Å². The first-order chi connectivity index (χ1) is 34.4. The molecule has 0 spiro atoms. The molecule has 22 heteroatoms. The number of ether oxygens (including phenoxy) is 4. The Balaban J connectivity index is 0.978. The van der Waals surface area contributed by atoms with Crippen LogP contribution in [0.2, 0.25) is 5.02 Å². The summed E-state index contributed by atoms with van der Waals surface area (Å²) in [7, 11) is 4.40. The van der Waals surface area contributed by atoms with Crippen LogP contribution < -0.4 is 15.0 Å². The van der Waals surface area contributed by atoms with Crippen LogP contribution in [0.4, 0.5) is 10.5 Å². The first-order valence-electron chi connectivity index (χ1n) is 24.8. The number of aliphatic hydroxyl groups excluding tert-OH is 1. The van der Waals surface area contributed by atoms with Gasteiger partial charge in [-0.1, -0.05) is 42.3 Å². The van der Waals surface area contributed by atoms with Crippen molar-refractivity contribution in [3.05, 3.63) is 46.5 Å². The lowest BCUT2D eigenvalue weighted by Crippen LogP contribution is -2.63. The molecule has 9 atom stereocenters. The van der Waals surface area contributed by atoms with Gasteiger partial charge < -0.3 is 39.0 Å². The molecule has 7 amide bonds. The van der Waals surface area contributed by atoms with E-state index in [1.807, 2.05) is 6.92 Å². The fourth-order valence-electron chi connectivity index (χ4n) is 10.4. The first kappa shape index (κ1) is 55.4. The number of amides is 7. The molecule has 4 saturated heterocycles. The Morgan fingerprint density at radius 1 is 1.01 bits per heavy atom. The Hall–Kier alpha value is -5.35. The number of fused-ring (bicyclic) bond motifs is 5. The summed E-state index contributed by atoms with van der Waals surface area (Å²) in [5.41, 5.74) is -1.59. The van der Waals surface area contributed by atoms with E-state index in [0.717, 1.165) is 16.0 Å². The van der Waals surface area contributed by atoms with Gasteiger partial charge in [0.25, 0.3) is 0 Å². The Labute approximate surface area is 433 Å². The number of esters is 1. The van der Waals surface area contributed by atoms with Crippen molar-refractivity contribution < 1.29 is 72.3 Å². The Kier molecular flexibility index (Phi) is 17.2. The van der Waals surface area contributed by atoms with E-state index in [2.05, 4.69) is 5.32 Å². The van der Waals surface area contributed by atoms with Gasteiger partial charge in [-0.2, -0.15) is 0 Å². The number of ketones is 1. The summed E-state index contributed by atoms with van der Waals surface area (Å²) in [5.74, 6) is -3.78. The number of nitrogens with zero attached hydrogens (tertiary/aromatic N) is 4. The number of halogens is 1. The molecule has 20 nitrogen and oxygen atoms in total. The molecule has 1 aromatic rings. The first-order valence-corrected chi connectivity index (χ1v) is 26.2. The summed E-state index contributed by atoms with van der Waals surface area (Å²) >= 11 is 7.96. The second-order valence-electron chi connectivity index (χ2n) is 20.4. The van der Waals surface area contributed by atoms with Crippen molar-refractivity contribution in [1.82, 2.24) is 20.0 Å². The lowest BCUT2D eigenvalue weighted by atomic mass is 9.79. The number of aliphatic hydroxyl groups is 2. The van der Waals surface area contributed by atoms with Gasteiger partial charge in [0.05, 0.1) is 37.1 Å². The fourth-order valence-corrected chi connectivity index (χ4v) is 11.8. The average Bonchev–Trinajstić information content (AvgIpc) is 3.86. The van der Waals surface area contributed by atoms with E-state index in [1.165, 1.54) is 60.7 Å². The predicted octanol–water partition coefficient (Wildman–Crippen LogP) is 3.64. The number of nitrogens with one attached hydrogen (secondary N) is 1. The van der Waals surface area contributed by atoms with Gasteiger partial charge in [0.15, 0.2) is 11.5 Å². The molecule has 6 aliphatic rings. The largest absolute Gasteiger partial charge is 0.495 e. The van der Waals surface area contributed by atoms with Crippen LogP contribution in [0.3, 0.4) is 0 Å². The molecule has 3 N–H and O–H groups in total. The fraction of sp³-hybridized carbons (Fsp3) is 0.627. The van der Waals surface area contributed by atoms with E-state index >= 15 is 0 Å². The zero-order valence-corrected chi connectivity index (χ0v) is 43.8. The van der Waals surface area contributed by atoms with Crippen LogP contribution in [-0.2, 0) is 59.0 Å². The number of imide groups is 2. The summed E-state index contributed by atoms with van der Waals surface area (Å²) in [4.78, 5) is 123. The molecule has 1 unspecified atom stereocenters. The zero-order valence-electron chi connectivity index (χ0n) is 42.3. The third kappa shape index (κ3) is 12.3. The molecule has 0 aromatic heterocycles. The lowest BCUT2D eigenvalue weighted by Gasteiger charge is -2.41. The van der Waals surface area contributed by atoms with Gasteiger partial charge in [-0.05, 0) is 76.5 Å². The van der Waals surface area contributed by atoms with Gasteiger partial charge in [-0.3, -0.25) is 48.7 Å². The van der Waals surface area contributed by atoms with Crippen LogP contribution in [-0.4, -0.2) is 165 Å². The number of carbonyl (C=O) groups excluding carboxylic acids is 9. The molecule has 5 aliphatic heterocycles. The number of benzene rings is 1. The smallest absolute Gasteiger partial charge is 0.409 e. The minimum absolute atomic E-state index is 0.00203. The standard InChI is InChI=1S/C51H66ClN5O15S/c1-27-9-8-10-38(59)51(68)24-36(70-49(67)53-51)28(2)46-50(4,72-46)39(23-43(63)55(6)33-20-31(19-27)21-35(69-7)45(33)52)71-48(66)29(3)54(5)40(60)17-18-73-37-22-44(64)57(47(37)65)25-30-11-13-32(14-12-30)34(58)26-56-41(61)15-16-42(56)62/h8-10,20-21,28-30,32,36-39,46,59,68H,11-19,22-26H2,1-7H3,(H,53,67)/b10-8+,27-9+/t28-,29+,30?,32?,36+,37?,38-,39+,46+,50+,51+/m1/s1. The highest BCUT2D eigenvalue weighted by Gasteiger charge is 2.64. The monoisotopic (exact) mass is 1060 g/mol. The topological polar surface area (TPSA) is 259 Å². The molecule has 5 fully saturated rings. The van der Waals surface area contributed by atoms with Crippen molar-refractivity contribution >= 4 is 82.3 Å². The predicted molar refractivity (Wildman–Crippen MR) is 265 cm³/mol. The summed E-state index contributed by atoms with van der Waals surface area (Å²) in [6.07, 6.45) is 1.21. The second kappa shape index (κ2) is 22.6. The number of hydrogen-bond donors (Lipinski definition) is 3. The number of rotatable bonds is 13. The SMILES string of the molecule is COc1cc2cc(c1Cl)N(C)C(=O)C[C@H](OC(=O)[C@H](C)N(C)C(=O)CCSC1CC(=O)N(CC3CCC(C(=O)CN4C(=O)CCC4=O)CC3)C1=O)[C@]1(C)O[C@H]1[C@H](C)[C@@H]1C[C@@](O)(NC(=O)O1)[C@H](O)/C=C/C=C(\C)C2. The lowest BCUT2D eigenvalue weighted by molar-refractivity contribution is -0.162. The Bertz CT molecular complexity index is 2450. The number of likely N-dealkylation sites (N-methyl/N-ethyl adjacent to an activating group) is 1. The van der Waals surface area contributed by atoms with Crippen LogP contribution >= 0.6 is 23.4 Å². The maximum Gasteiger partial charge on any atom is 0.409 e. The van der Waals surface area contributed by atoms with E-state index < -0.39 is 83.2 Å². The molecule has 73 heavy (non-hydrogen) atoms. The molecule has 1 saturated carbocycles. The van der Waals surface area contributed by atoms with Crippen molar-refractivity contribution in [2.24, 2.45) is 17.8 Å². The second-order valence-corrected chi connectivity index (χ2v) is 22.1. The normalized spacial score (nSPS) is 32.5. The van der Waals surface area contributed by atoms with Crippen molar-refractivity contribution in [2.45, 2.75) is 145 Å². The molecule has 1 aliphatic carbocycles. The molecule has 1 aromatic carbocycles. The van der Waals surface area contributed by atoms with Crippen molar-refractivity contribution in [1.29, 1.82) is 0 Å². The van der Waals surface area contributed by atoms with Crippen molar-refractivity contribution in [2.75, 3.05) is 44.9 Å². The van der Waals surface area contributed by atoms with Gasteiger partial charge in [0.1, 0.15) is 40.7 Å². The van der Waals surface area contributed by atoms with Crippen LogP contribution in [0.25, 0.3) is 0 Å². The van der Waals surface area contributed by atoms with Crippen LogP contribution in [0.15, 0.2) is 35.9 Å². The minimum Gasteiger partial charge on any atom is -0.495 e. The number of hydrogen-bond acceptors (Lipinski definition) is 16. The van der Waals surface area contributed by atoms with E-state index in [-0.39, 0.29) is 97.2 Å². The number of methoxy groups -OCH3 is 1. The van der Waals surface area contributed by atoms with Gasteiger partial charge in [0.2, 0.25) is 35.4 Å². The summed E-state index contributed by atoms with van der Waals surface area (Å²) in [6, 6.07) is 2.30. The number of likely N-dealkylation sites (tertiary alicyclic amines) is 2. The third-order valence-electron chi connectivity index (χ3n) is 15.3. The highest BCUT2D eigenvalue weighted by atomic mass is 35.5. The number of epoxide rings is 1. The summed E-state index contributed by atoms with van der Waals surface area (Å²) in [5, 5.41) is 24.5. The molecular formula is C51H66ClN5O15S. The quantitative estimate of drug-likeness (QED) is 0.145. The van der Waals surface area contributed by atoms with Crippen molar-refractivity contribution in [3.63, 3.8) is 0 Å². The summed E-state index contributed by atoms with van der Waals surface area (Å²) < 4.78 is 23.5. The highest BCUT2D eigenvalue weighted by molar-refractivity contribution is 8.00. The number of thioether (sulfide) groups is 1. The maximum absolute atomic E-state index is 14.3. The molecule has 4 bridgehead atoms. The van der Waals surface area contributed by atoms with Gasteiger partial charge in [-0.15, -0.1) is 11.8 Å². The van der Waals surface area contributed by atoms with Crippen LogP contribution in [0.1, 0.15) is 97.5 Å². The molecule has 7 rings (SSSR count). The van der Waals surface area contributed by atoms with Crippen LogP contribution in [0, 0.1) is 17.8 Å². The van der Waals surface area contributed by atoms with Crippen LogP contribution in [0.5, 0.6) is 5.75 Å². The minimum atomic E-state index is -2.12. The van der Waals surface area contributed by atoms with Gasteiger partial charge >= 0.3 is 12.1 Å². The highest BCUT2D eigenvalue weighted by Crippen LogP contribution is 2.49. The third-order valence-corrected chi connectivity index (χ3v) is 16.9. The number of Topliss-reactive ketones (excluding diaryl/α,β-unsaturated/α-hetero) is 1. The number of allylic oxidation sites excluding steroid dienone is 3. The Morgan fingerprint density at radius 2 is 1.70 bits per heavy atom. The number of anilines is 1. The molecular weight excluding hydrogens is 990 g/mol. The van der Waals surface area contributed by atoms with E-state index in [4.69, 9.17) is 30.5 Å². The number of alkyl carbamates (subject to hydrolysis) is 1. The van der Waals surface area contributed by atoms with E-state index in [0.29, 0.717) is 43.5 Å². The van der Waals surface area contributed by atoms with E-state index in [1.54, 1.807) is 38.1 Å². The number of carbonyl (C=O) groups is 9. The van der Waals surface area contributed by atoms with Gasteiger partial charge in [0, 0.05) is 70.3 Å². The van der Waals surface area contributed by atoms with E-state index in [9.17, 15) is 53.4 Å². The maximum atomic E-state index is 14.3. The van der Waals surface area contributed by atoms with Crippen molar-refractivity contribution in [3.8, 4) is 5.75 Å². The summed E-state index contributed by atoms with van der Waals surface area (Å²) in [6.45, 7) is 6.69.